The lowest BCUT2D eigenvalue weighted by Crippen LogP contribution is -2.03. The molecular weight excluding hydrogens is 213 g/mol. The van der Waals surface area contributed by atoms with Gasteiger partial charge in [-0.1, -0.05) is 13.8 Å². The molecule has 17 heavy (non-hydrogen) atoms. The molecule has 1 aromatic heterocycles. The van der Waals surface area contributed by atoms with E-state index in [1.165, 1.54) is 5.52 Å². The quantitative estimate of drug-likeness (QED) is 0.741. The molecule has 1 fully saturated rings. The predicted molar refractivity (Wildman–Crippen MR) is 68.7 cm³/mol. The van der Waals surface area contributed by atoms with E-state index in [0.29, 0.717) is 11.8 Å². The number of nitrogens with zero attached hydrogens (tertiary/aromatic N) is 1. The van der Waals surface area contributed by atoms with Gasteiger partial charge in [-0.15, -0.1) is 0 Å². The largest absolute Gasteiger partial charge is 0.347 e. The van der Waals surface area contributed by atoms with E-state index in [2.05, 4.69) is 30.7 Å². The van der Waals surface area contributed by atoms with Gasteiger partial charge < -0.3 is 4.57 Å². The number of hydrogen-bond donors (Lipinski definition) is 0. The molecule has 2 heteroatoms. The molecule has 1 heterocycles. The van der Waals surface area contributed by atoms with Gasteiger partial charge in [0.2, 0.25) is 0 Å². The number of hydrogen-bond acceptors (Lipinski definition) is 0. The molecule has 0 N–H and O–H groups in total. The van der Waals surface area contributed by atoms with E-state index in [-0.39, 0.29) is 5.82 Å². The third kappa shape index (κ3) is 1.97. The zero-order chi connectivity index (χ0) is 12.0. The van der Waals surface area contributed by atoms with Crippen LogP contribution in [-0.2, 0) is 6.54 Å². The summed E-state index contributed by atoms with van der Waals surface area (Å²) in [5.41, 5.74) is 2.10. The summed E-state index contributed by atoms with van der Waals surface area (Å²) in [5.74, 6) is 1.06. The minimum Gasteiger partial charge on any atom is -0.347 e. The van der Waals surface area contributed by atoms with E-state index in [9.17, 15) is 4.39 Å². The molecule has 1 aromatic carbocycles. The first kappa shape index (κ1) is 10.8. The molecule has 0 bridgehead atoms. The highest BCUT2D eigenvalue weighted by Crippen LogP contribution is 2.42. The highest BCUT2D eigenvalue weighted by molar-refractivity contribution is 5.81. The van der Waals surface area contributed by atoms with Gasteiger partial charge in [-0.05, 0) is 48.4 Å². The molecule has 0 radical (unpaired) electrons. The molecule has 2 aromatic rings. The number of rotatable bonds is 3. The van der Waals surface area contributed by atoms with Gasteiger partial charge in [0.15, 0.2) is 0 Å². The summed E-state index contributed by atoms with van der Waals surface area (Å²) < 4.78 is 16.1. The molecule has 1 aliphatic carbocycles. The summed E-state index contributed by atoms with van der Waals surface area (Å²) in [6, 6.07) is 5.77. The van der Waals surface area contributed by atoms with Crippen molar-refractivity contribution in [2.24, 2.45) is 5.92 Å². The van der Waals surface area contributed by atoms with Gasteiger partial charge in [0.25, 0.3) is 0 Å². The maximum atomic E-state index is 13.9. The van der Waals surface area contributed by atoms with Gasteiger partial charge in [-0.2, -0.15) is 0 Å². The second-order valence-electron chi connectivity index (χ2n) is 5.57. The van der Waals surface area contributed by atoms with E-state index in [0.717, 1.165) is 30.3 Å². The van der Waals surface area contributed by atoms with Gasteiger partial charge >= 0.3 is 0 Å². The molecule has 1 saturated carbocycles. The van der Waals surface area contributed by atoms with Crippen molar-refractivity contribution in [1.29, 1.82) is 0 Å². The van der Waals surface area contributed by atoms with E-state index in [4.69, 9.17) is 0 Å². The lowest BCUT2D eigenvalue weighted by Gasteiger charge is -2.09. The van der Waals surface area contributed by atoms with Crippen LogP contribution in [0, 0.1) is 11.7 Å². The number of fused-ring (bicyclic) bond motifs is 1. The number of halogens is 1. The monoisotopic (exact) mass is 231 g/mol. The second kappa shape index (κ2) is 3.86. The van der Waals surface area contributed by atoms with Gasteiger partial charge in [-0.3, -0.25) is 0 Å². The Morgan fingerprint density at radius 3 is 2.76 bits per heavy atom. The van der Waals surface area contributed by atoms with Crippen LogP contribution >= 0.6 is 0 Å². The summed E-state index contributed by atoms with van der Waals surface area (Å²) >= 11 is 0. The molecular formula is C15H18FN. The molecule has 0 atom stereocenters. The van der Waals surface area contributed by atoms with Gasteiger partial charge in [0, 0.05) is 23.6 Å². The molecule has 0 aliphatic heterocycles. The van der Waals surface area contributed by atoms with Gasteiger partial charge in [-0.25, -0.2) is 4.39 Å². The molecule has 1 aliphatic rings. The summed E-state index contributed by atoms with van der Waals surface area (Å²) in [4.78, 5) is 0. The zero-order valence-corrected chi connectivity index (χ0v) is 10.4. The Kier molecular flexibility index (Phi) is 2.46. The van der Waals surface area contributed by atoms with Crippen molar-refractivity contribution < 1.29 is 4.39 Å². The third-order valence-electron chi connectivity index (χ3n) is 3.47. The normalized spacial score (nSPS) is 16.0. The second-order valence-corrected chi connectivity index (χ2v) is 5.57. The summed E-state index contributed by atoms with van der Waals surface area (Å²) in [6.07, 6.45) is 4.36. The fraction of sp³-hybridized carbons (Fsp3) is 0.467. The average molecular weight is 231 g/mol. The van der Waals surface area contributed by atoms with Crippen molar-refractivity contribution in [2.45, 2.75) is 39.2 Å². The Bertz CT molecular complexity index is 549. The standard InChI is InChI=1S/C15H18FN/c1-10(2)9-17-6-5-12-7-14(16)13(8-15(12)17)11-3-4-11/h5-8,10-11H,3-4,9H2,1-2H3. The Hall–Kier alpha value is -1.31. The zero-order valence-electron chi connectivity index (χ0n) is 10.4. The Morgan fingerprint density at radius 2 is 2.12 bits per heavy atom. The van der Waals surface area contributed by atoms with Crippen LogP contribution < -0.4 is 0 Å². The van der Waals surface area contributed by atoms with E-state index in [1.807, 2.05) is 6.07 Å². The van der Waals surface area contributed by atoms with Crippen LogP contribution in [0.4, 0.5) is 4.39 Å². The average Bonchev–Trinajstić information content (AvgIpc) is 3.03. The van der Waals surface area contributed by atoms with Crippen molar-refractivity contribution >= 4 is 10.9 Å². The molecule has 0 unspecified atom stereocenters. The minimum atomic E-state index is -0.0257. The van der Waals surface area contributed by atoms with E-state index < -0.39 is 0 Å². The summed E-state index contributed by atoms with van der Waals surface area (Å²) in [5, 5.41) is 1.02. The molecule has 1 nitrogen and oxygen atoms in total. The topological polar surface area (TPSA) is 4.93 Å². The Balaban J connectivity index is 2.10. The molecule has 0 saturated heterocycles. The fourth-order valence-corrected chi connectivity index (χ4v) is 2.49. The van der Waals surface area contributed by atoms with Crippen LogP contribution in [0.1, 0.15) is 38.2 Å². The smallest absolute Gasteiger partial charge is 0.127 e. The van der Waals surface area contributed by atoms with Crippen molar-refractivity contribution in [2.75, 3.05) is 0 Å². The van der Waals surface area contributed by atoms with Gasteiger partial charge in [0.05, 0.1) is 0 Å². The number of aromatic nitrogens is 1. The van der Waals surface area contributed by atoms with Crippen LogP contribution in [0.15, 0.2) is 24.4 Å². The SMILES string of the molecule is CC(C)Cn1ccc2cc(F)c(C3CC3)cc21. The number of benzene rings is 1. The van der Waals surface area contributed by atoms with Crippen LogP contribution in [0.2, 0.25) is 0 Å². The molecule has 0 spiro atoms. The van der Waals surface area contributed by atoms with Crippen LogP contribution in [0.25, 0.3) is 10.9 Å². The molecule has 0 amide bonds. The first-order valence-corrected chi connectivity index (χ1v) is 6.43. The van der Waals surface area contributed by atoms with Crippen molar-refractivity contribution in [3.63, 3.8) is 0 Å². The lowest BCUT2D eigenvalue weighted by atomic mass is 10.1. The van der Waals surface area contributed by atoms with Gasteiger partial charge in [0.1, 0.15) is 5.82 Å². The first-order valence-electron chi connectivity index (χ1n) is 6.43. The van der Waals surface area contributed by atoms with Crippen molar-refractivity contribution in [3.05, 3.63) is 35.8 Å². The summed E-state index contributed by atoms with van der Waals surface area (Å²) in [7, 11) is 0. The highest BCUT2D eigenvalue weighted by Gasteiger charge is 2.27. The Morgan fingerprint density at radius 1 is 1.35 bits per heavy atom. The van der Waals surface area contributed by atoms with Crippen LogP contribution in [0.3, 0.4) is 0 Å². The fourth-order valence-electron chi connectivity index (χ4n) is 2.49. The summed E-state index contributed by atoms with van der Waals surface area (Å²) in [6.45, 7) is 5.41. The predicted octanol–water partition coefficient (Wildman–Crippen LogP) is 4.31. The lowest BCUT2D eigenvalue weighted by molar-refractivity contribution is 0.535. The third-order valence-corrected chi connectivity index (χ3v) is 3.47. The van der Waals surface area contributed by atoms with E-state index in [1.54, 1.807) is 6.07 Å². The van der Waals surface area contributed by atoms with Crippen LogP contribution in [-0.4, -0.2) is 4.57 Å². The maximum Gasteiger partial charge on any atom is 0.127 e. The van der Waals surface area contributed by atoms with Crippen molar-refractivity contribution in [1.82, 2.24) is 4.57 Å². The maximum absolute atomic E-state index is 13.9. The van der Waals surface area contributed by atoms with E-state index >= 15 is 0 Å². The van der Waals surface area contributed by atoms with Crippen molar-refractivity contribution in [3.8, 4) is 0 Å². The van der Waals surface area contributed by atoms with Crippen LogP contribution in [0.5, 0.6) is 0 Å². The molecule has 90 valence electrons. The Labute approximate surface area is 101 Å². The molecule has 3 rings (SSSR count). The highest BCUT2D eigenvalue weighted by atomic mass is 19.1. The first-order chi connectivity index (χ1) is 8.15. The minimum absolute atomic E-state index is 0.0257.